The van der Waals surface area contributed by atoms with Crippen molar-refractivity contribution in [1.82, 2.24) is 19.6 Å². The van der Waals surface area contributed by atoms with Crippen LogP contribution in [-0.4, -0.2) is 24.5 Å². The molecule has 0 radical (unpaired) electrons. The lowest BCUT2D eigenvalue weighted by Crippen LogP contribution is -2.16. The van der Waals surface area contributed by atoms with E-state index in [1.807, 2.05) is 6.92 Å². The van der Waals surface area contributed by atoms with Crippen LogP contribution in [0.4, 0.5) is 11.4 Å². The van der Waals surface area contributed by atoms with E-state index in [0.29, 0.717) is 23.6 Å². The summed E-state index contributed by atoms with van der Waals surface area (Å²) in [6.45, 7) is 5.85. The van der Waals surface area contributed by atoms with E-state index >= 15 is 0 Å². The molecule has 0 aliphatic rings. The Labute approximate surface area is 120 Å². The molecule has 0 aliphatic heterocycles. The van der Waals surface area contributed by atoms with Gasteiger partial charge in [-0.05, 0) is 20.8 Å². The Bertz CT molecular complexity index is 710. The van der Waals surface area contributed by atoms with Gasteiger partial charge >= 0.3 is 5.69 Å². The number of hydrogen-bond acceptors (Lipinski definition) is 6. The van der Waals surface area contributed by atoms with Crippen LogP contribution in [0.25, 0.3) is 0 Å². The molecule has 2 rings (SSSR count). The van der Waals surface area contributed by atoms with Gasteiger partial charge in [-0.1, -0.05) is 0 Å². The van der Waals surface area contributed by atoms with Crippen molar-refractivity contribution in [3.8, 4) is 6.07 Å². The molecular weight excluding hydrogens is 274 g/mol. The quantitative estimate of drug-likeness (QED) is 0.663. The van der Waals surface area contributed by atoms with Crippen LogP contribution < -0.4 is 5.32 Å². The predicted octanol–water partition coefficient (Wildman–Crippen LogP) is 1.82. The molecule has 0 saturated carbocycles. The highest BCUT2D eigenvalue weighted by molar-refractivity contribution is 5.53. The normalized spacial score (nSPS) is 11.9. The summed E-state index contributed by atoms with van der Waals surface area (Å²) in [6, 6.07) is 2.09. The van der Waals surface area contributed by atoms with Crippen molar-refractivity contribution < 1.29 is 4.92 Å². The van der Waals surface area contributed by atoms with E-state index in [1.165, 1.54) is 10.9 Å². The summed E-state index contributed by atoms with van der Waals surface area (Å²) >= 11 is 0. The van der Waals surface area contributed by atoms with E-state index in [0.717, 1.165) is 0 Å². The van der Waals surface area contributed by atoms with Crippen molar-refractivity contribution in [3.63, 3.8) is 0 Å². The number of aryl methyl sites for hydroxylation is 2. The summed E-state index contributed by atoms with van der Waals surface area (Å²) in [6.07, 6.45) is 2.58. The van der Waals surface area contributed by atoms with Crippen molar-refractivity contribution >= 4 is 11.4 Å². The highest BCUT2D eigenvalue weighted by Gasteiger charge is 2.19. The van der Waals surface area contributed by atoms with E-state index in [9.17, 15) is 10.1 Å². The molecular formula is C12H15N7O2. The fourth-order valence-corrected chi connectivity index (χ4v) is 1.99. The second-order valence-corrected chi connectivity index (χ2v) is 4.49. The summed E-state index contributed by atoms with van der Waals surface area (Å²) in [5, 5.41) is 31.3. The third-order valence-electron chi connectivity index (χ3n) is 3.09. The van der Waals surface area contributed by atoms with Crippen molar-refractivity contribution in [2.24, 2.45) is 0 Å². The van der Waals surface area contributed by atoms with E-state index in [2.05, 4.69) is 21.6 Å². The molecule has 110 valence electrons. The van der Waals surface area contributed by atoms with Gasteiger partial charge in [-0.3, -0.25) is 14.8 Å². The first-order valence-electron chi connectivity index (χ1n) is 6.40. The second-order valence-electron chi connectivity index (χ2n) is 4.49. The summed E-state index contributed by atoms with van der Waals surface area (Å²) in [5.41, 5.74) is 1.30. The Morgan fingerprint density at radius 1 is 1.62 bits per heavy atom. The fraction of sp³-hybridized carbons (Fsp3) is 0.417. The molecule has 0 amide bonds. The fourth-order valence-electron chi connectivity index (χ4n) is 1.99. The molecule has 2 heterocycles. The van der Waals surface area contributed by atoms with Crippen LogP contribution >= 0.6 is 0 Å². The maximum Gasteiger partial charge on any atom is 0.309 e. The van der Waals surface area contributed by atoms with Crippen LogP contribution in [0.5, 0.6) is 0 Å². The number of nitriles is 1. The lowest BCUT2D eigenvalue weighted by atomic mass is 10.3. The Hall–Kier alpha value is -2.89. The molecule has 0 saturated heterocycles. The second kappa shape index (κ2) is 5.62. The number of nitrogens with one attached hydrogen (secondary N) is 1. The standard InChI is InChI=1S/C12H15N7O2/c1-4-17-11(5-13)10(6-14-17)15-9(3)18-7-12(19(20)21)8(2)16-18/h6-7,9,15H,4H2,1-3H3. The molecule has 21 heavy (non-hydrogen) atoms. The largest absolute Gasteiger partial charge is 0.360 e. The average Bonchev–Trinajstić information content (AvgIpc) is 3.01. The lowest BCUT2D eigenvalue weighted by molar-refractivity contribution is -0.385. The number of nitro groups is 1. The lowest BCUT2D eigenvalue weighted by Gasteiger charge is -2.14. The number of nitrogens with zero attached hydrogens (tertiary/aromatic N) is 6. The average molecular weight is 289 g/mol. The van der Waals surface area contributed by atoms with Crippen LogP contribution in [-0.2, 0) is 6.54 Å². The molecule has 0 bridgehead atoms. The van der Waals surface area contributed by atoms with Crippen molar-refractivity contribution in [2.75, 3.05) is 5.32 Å². The monoisotopic (exact) mass is 289 g/mol. The van der Waals surface area contributed by atoms with Gasteiger partial charge in [0, 0.05) is 6.54 Å². The smallest absolute Gasteiger partial charge is 0.309 e. The van der Waals surface area contributed by atoms with Gasteiger partial charge in [0.2, 0.25) is 0 Å². The molecule has 0 spiro atoms. The first kappa shape index (κ1) is 14.5. The zero-order valence-electron chi connectivity index (χ0n) is 11.9. The zero-order chi connectivity index (χ0) is 15.6. The van der Waals surface area contributed by atoms with Crippen molar-refractivity contribution in [3.05, 3.63) is 33.9 Å². The van der Waals surface area contributed by atoms with Gasteiger partial charge in [0.1, 0.15) is 24.1 Å². The molecule has 2 aromatic rings. The van der Waals surface area contributed by atoms with E-state index in [-0.39, 0.29) is 11.9 Å². The van der Waals surface area contributed by atoms with Gasteiger partial charge in [0.05, 0.1) is 16.8 Å². The van der Waals surface area contributed by atoms with Crippen LogP contribution in [0.1, 0.15) is 31.4 Å². The molecule has 1 N–H and O–H groups in total. The summed E-state index contributed by atoms with van der Waals surface area (Å²) < 4.78 is 3.03. The topological polar surface area (TPSA) is 115 Å². The number of aromatic nitrogens is 4. The first-order chi connectivity index (χ1) is 9.97. The third-order valence-corrected chi connectivity index (χ3v) is 3.09. The zero-order valence-corrected chi connectivity index (χ0v) is 11.9. The minimum absolute atomic E-state index is 0.0339. The molecule has 0 aromatic carbocycles. The number of hydrogen-bond donors (Lipinski definition) is 1. The minimum atomic E-state index is -0.471. The highest BCUT2D eigenvalue weighted by Crippen LogP contribution is 2.21. The molecule has 0 aliphatic carbocycles. The molecule has 2 aromatic heterocycles. The Morgan fingerprint density at radius 3 is 2.86 bits per heavy atom. The van der Waals surface area contributed by atoms with Crippen molar-refractivity contribution in [2.45, 2.75) is 33.5 Å². The molecule has 0 fully saturated rings. The summed E-state index contributed by atoms with van der Waals surface area (Å²) in [5.74, 6) is 0. The predicted molar refractivity (Wildman–Crippen MR) is 74.6 cm³/mol. The van der Waals surface area contributed by atoms with Gasteiger partial charge in [-0.15, -0.1) is 0 Å². The van der Waals surface area contributed by atoms with E-state index in [4.69, 9.17) is 5.26 Å². The molecule has 9 nitrogen and oxygen atoms in total. The van der Waals surface area contributed by atoms with Gasteiger partial charge in [0.25, 0.3) is 0 Å². The highest BCUT2D eigenvalue weighted by atomic mass is 16.6. The summed E-state index contributed by atoms with van der Waals surface area (Å²) in [7, 11) is 0. The maximum atomic E-state index is 10.8. The number of anilines is 1. The maximum absolute atomic E-state index is 10.8. The van der Waals surface area contributed by atoms with Gasteiger partial charge in [-0.25, -0.2) is 4.68 Å². The molecule has 9 heteroatoms. The van der Waals surface area contributed by atoms with Crippen LogP contribution in [0.15, 0.2) is 12.4 Å². The first-order valence-corrected chi connectivity index (χ1v) is 6.40. The third kappa shape index (κ3) is 2.69. The number of rotatable bonds is 5. The summed E-state index contributed by atoms with van der Waals surface area (Å²) in [4.78, 5) is 10.4. The van der Waals surface area contributed by atoms with Crippen LogP contribution in [0.2, 0.25) is 0 Å². The molecule has 1 atom stereocenters. The van der Waals surface area contributed by atoms with E-state index < -0.39 is 4.92 Å². The van der Waals surface area contributed by atoms with Gasteiger partial charge in [-0.2, -0.15) is 15.5 Å². The van der Waals surface area contributed by atoms with Crippen LogP contribution in [0.3, 0.4) is 0 Å². The van der Waals surface area contributed by atoms with Gasteiger partial charge in [0.15, 0.2) is 5.69 Å². The Kier molecular flexibility index (Phi) is 3.89. The minimum Gasteiger partial charge on any atom is -0.360 e. The van der Waals surface area contributed by atoms with Crippen molar-refractivity contribution in [1.29, 1.82) is 5.26 Å². The SMILES string of the molecule is CCn1ncc(NC(C)n2cc([N+](=O)[O-])c(C)n2)c1C#N. The molecule has 1 unspecified atom stereocenters. The Morgan fingerprint density at radius 2 is 2.33 bits per heavy atom. The Balaban J connectivity index is 2.24. The van der Waals surface area contributed by atoms with Gasteiger partial charge < -0.3 is 5.32 Å². The van der Waals surface area contributed by atoms with Crippen LogP contribution in [0, 0.1) is 28.4 Å². The van der Waals surface area contributed by atoms with E-state index in [1.54, 1.807) is 24.7 Å².